The van der Waals surface area contributed by atoms with Crippen molar-refractivity contribution < 1.29 is 13.9 Å². The molecule has 3 aliphatic rings. The molecule has 7 nitrogen and oxygen atoms in total. The summed E-state index contributed by atoms with van der Waals surface area (Å²) < 4.78 is 18.5. The molecule has 0 radical (unpaired) electrons. The van der Waals surface area contributed by atoms with Gasteiger partial charge in [-0.25, -0.2) is 4.39 Å². The monoisotopic (exact) mass is 439 g/mol. The normalized spacial score (nSPS) is 26.1. The summed E-state index contributed by atoms with van der Waals surface area (Å²) in [5, 5.41) is 14.5. The van der Waals surface area contributed by atoms with Crippen molar-refractivity contribution in [2.75, 3.05) is 43.5 Å². The van der Waals surface area contributed by atoms with E-state index < -0.39 is 0 Å². The largest absolute Gasteiger partial charge is 0.381 e. The van der Waals surface area contributed by atoms with Crippen molar-refractivity contribution in [1.82, 2.24) is 15.1 Å². The maximum atomic E-state index is 13.0. The first kappa shape index (κ1) is 21.3. The van der Waals surface area contributed by atoms with Crippen LogP contribution in [-0.2, 0) is 4.74 Å². The molecule has 1 saturated carbocycles. The van der Waals surface area contributed by atoms with Gasteiger partial charge in [-0.2, -0.15) is 0 Å². The molecule has 1 aliphatic carbocycles. The Morgan fingerprint density at radius 2 is 1.75 bits per heavy atom. The minimum atomic E-state index is -0.365. The molecule has 1 aromatic carbocycles. The Morgan fingerprint density at radius 1 is 1.03 bits per heavy atom. The number of anilines is 2. The fourth-order valence-electron chi connectivity index (χ4n) is 5.43. The van der Waals surface area contributed by atoms with Crippen LogP contribution in [0.2, 0.25) is 0 Å². The van der Waals surface area contributed by atoms with E-state index in [9.17, 15) is 9.18 Å². The third-order valence-electron chi connectivity index (χ3n) is 7.04. The van der Waals surface area contributed by atoms with Crippen LogP contribution in [0.3, 0.4) is 0 Å². The van der Waals surface area contributed by atoms with Gasteiger partial charge < -0.3 is 20.3 Å². The quantitative estimate of drug-likeness (QED) is 0.718. The maximum Gasteiger partial charge on any atom is 0.276 e. The summed E-state index contributed by atoms with van der Waals surface area (Å²) in [5.74, 6) is 2.29. The molecule has 0 bridgehead atoms. The lowest BCUT2D eigenvalue weighted by molar-refractivity contribution is 0.0545. The minimum absolute atomic E-state index is 0.229. The van der Waals surface area contributed by atoms with Gasteiger partial charge in [-0.05, 0) is 79.8 Å². The number of hydrogen-bond donors (Lipinski definition) is 2. The Balaban J connectivity index is 1.09. The maximum absolute atomic E-state index is 13.0. The molecule has 8 heteroatoms. The van der Waals surface area contributed by atoms with Crippen LogP contribution in [0.1, 0.15) is 36.2 Å². The van der Waals surface area contributed by atoms with Gasteiger partial charge in [0, 0.05) is 44.6 Å². The first-order chi connectivity index (χ1) is 15.6. The number of hydrogen-bond acceptors (Lipinski definition) is 6. The molecule has 32 heavy (non-hydrogen) atoms. The number of halogens is 1. The number of carbonyl (C=O) groups is 1. The van der Waals surface area contributed by atoms with E-state index in [0.29, 0.717) is 17.5 Å². The van der Waals surface area contributed by atoms with E-state index in [1.165, 1.54) is 56.7 Å². The first-order valence-corrected chi connectivity index (χ1v) is 11.6. The molecule has 0 unspecified atom stereocenters. The molecule has 2 aliphatic heterocycles. The van der Waals surface area contributed by atoms with Crippen molar-refractivity contribution in [3.63, 3.8) is 0 Å². The van der Waals surface area contributed by atoms with Crippen molar-refractivity contribution in [3.8, 4) is 0 Å². The second-order valence-electron chi connectivity index (χ2n) is 9.37. The van der Waals surface area contributed by atoms with Crippen LogP contribution in [0, 0.1) is 23.6 Å². The molecule has 1 aromatic heterocycles. The highest BCUT2D eigenvalue weighted by molar-refractivity contribution is 6.02. The third kappa shape index (κ3) is 5.07. The molecule has 2 aromatic rings. The summed E-state index contributed by atoms with van der Waals surface area (Å²) in [4.78, 5) is 15.0. The van der Waals surface area contributed by atoms with Crippen molar-refractivity contribution in [1.29, 1.82) is 0 Å². The van der Waals surface area contributed by atoms with E-state index in [1.807, 2.05) is 0 Å². The van der Waals surface area contributed by atoms with Crippen LogP contribution in [0.5, 0.6) is 0 Å². The van der Waals surface area contributed by atoms with Crippen LogP contribution < -0.4 is 10.6 Å². The second-order valence-corrected chi connectivity index (χ2v) is 9.37. The predicted molar refractivity (Wildman–Crippen MR) is 120 cm³/mol. The molecule has 1 amide bonds. The molecule has 0 spiro atoms. The van der Waals surface area contributed by atoms with E-state index in [2.05, 4.69) is 25.7 Å². The van der Waals surface area contributed by atoms with E-state index in [1.54, 1.807) is 12.1 Å². The van der Waals surface area contributed by atoms with Gasteiger partial charge in [-0.1, -0.05) is 0 Å². The molecule has 3 fully saturated rings. The van der Waals surface area contributed by atoms with E-state index in [0.717, 1.165) is 43.8 Å². The lowest BCUT2D eigenvalue weighted by atomic mass is 10.00. The van der Waals surface area contributed by atoms with Crippen molar-refractivity contribution in [3.05, 3.63) is 47.9 Å². The molecule has 5 rings (SSSR count). The summed E-state index contributed by atoms with van der Waals surface area (Å²) in [6.07, 6.45) is 4.71. The van der Waals surface area contributed by atoms with Crippen molar-refractivity contribution >= 4 is 17.4 Å². The Labute approximate surface area is 187 Å². The third-order valence-corrected chi connectivity index (χ3v) is 7.04. The summed E-state index contributed by atoms with van der Waals surface area (Å²) in [5.41, 5.74) is 0.746. The number of ether oxygens (including phenoxy) is 1. The molecule has 2 saturated heterocycles. The fraction of sp³-hybridized carbons (Fsp3) is 0.542. The van der Waals surface area contributed by atoms with Crippen LogP contribution in [0.4, 0.5) is 15.9 Å². The minimum Gasteiger partial charge on any atom is -0.381 e. The van der Waals surface area contributed by atoms with Crippen LogP contribution in [0.15, 0.2) is 36.4 Å². The van der Waals surface area contributed by atoms with Gasteiger partial charge in [0.25, 0.3) is 5.91 Å². The number of nitrogens with zero attached hydrogens (tertiary/aromatic N) is 3. The molecular formula is C24H30FN5O2. The number of likely N-dealkylation sites (tertiary alicyclic amines) is 1. The summed E-state index contributed by atoms with van der Waals surface area (Å²) >= 11 is 0. The fourth-order valence-corrected chi connectivity index (χ4v) is 5.43. The highest BCUT2D eigenvalue weighted by atomic mass is 19.1. The Bertz CT molecular complexity index is 903. The van der Waals surface area contributed by atoms with Crippen LogP contribution >= 0.6 is 0 Å². The van der Waals surface area contributed by atoms with Crippen LogP contribution in [-0.4, -0.2) is 59.9 Å². The average Bonchev–Trinajstić information content (AvgIpc) is 3.34. The summed E-state index contributed by atoms with van der Waals surface area (Å²) in [7, 11) is 0. The highest BCUT2D eigenvalue weighted by Crippen LogP contribution is 2.39. The molecule has 2 N–H and O–H groups in total. The standard InChI is InChI=1S/C24H30FN5O2/c25-19-1-3-20(4-2-19)27-24(31)22-5-6-23(29-28-22)26-21-11-17-14-30(15-18(17)12-21)13-16-7-9-32-10-8-16/h1-6,16-18,21H,7-15H2,(H,26,29)(H,27,31)/t17-,18+,21+. The van der Waals surface area contributed by atoms with Gasteiger partial charge in [0.2, 0.25) is 0 Å². The Morgan fingerprint density at radius 3 is 2.41 bits per heavy atom. The number of nitrogens with one attached hydrogen (secondary N) is 2. The summed E-state index contributed by atoms with van der Waals surface area (Å²) in [6, 6.07) is 9.50. The highest BCUT2D eigenvalue weighted by Gasteiger charge is 2.41. The Kier molecular flexibility index (Phi) is 6.32. The SMILES string of the molecule is O=C(Nc1ccc(F)cc1)c1ccc(N[C@H]2C[C@@H]3CN(CC4CCOCC4)C[C@@H]3C2)nn1. The number of aromatic nitrogens is 2. The molecular weight excluding hydrogens is 409 g/mol. The van der Waals surface area contributed by atoms with Crippen molar-refractivity contribution in [2.45, 2.75) is 31.7 Å². The lowest BCUT2D eigenvalue weighted by Crippen LogP contribution is -2.32. The van der Waals surface area contributed by atoms with Crippen LogP contribution in [0.25, 0.3) is 0 Å². The van der Waals surface area contributed by atoms with Gasteiger partial charge in [-0.3, -0.25) is 4.79 Å². The van der Waals surface area contributed by atoms with Gasteiger partial charge >= 0.3 is 0 Å². The summed E-state index contributed by atoms with van der Waals surface area (Å²) in [6.45, 7) is 5.47. The van der Waals surface area contributed by atoms with E-state index in [4.69, 9.17) is 4.74 Å². The van der Waals surface area contributed by atoms with Gasteiger partial charge in [0.05, 0.1) is 0 Å². The zero-order valence-electron chi connectivity index (χ0n) is 18.2. The molecule has 170 valence electrons. The van der Waals surface area contributed by atoms with E-state index >= 15 is 0 Å². The van der Waals surface area contributed by atoms with E-state index in [-0.39, 0.29) is 17.4 Å². The van der Waals surface area contributed by atoms with Gasteiger partial charge in [0.1, 0.15) is 11.6 Å². The first-order valence-electron chi connectivity index (χ1n) is 11.6. The van der Waals surface area contributed by atoms with Gasteiger partial charge in [0.15, 0.2) is 5.69 Å². The van der Waals surface area contributed by atoms with Crippen molar-refractivity contribution in [2.24, 2.45) is 17.8 Å². The number of fused-ring (bicyclic) bond motifs is 1. The Hall–Kier alpha value is -2.58. The number of amides is 1. The molecule has 3 heterocycles. The average molecular weight is 440 g/mol. The number of carbonyl (C=O) groups excluding carboxylic acids is 1. The zero-order chi connectivity index (χ0) is 21.9. The lowest BCUT2D eigenvalue weighted by Gasteiger charge is -2.27. The number of benzene rings is 1. The smallest absolute Gasteiger partial charge is 0.276 e. The molecule has 3 atom stereocenters. The zero-order valence-corrected chi connectivity index (χ0v) is 18.2. The number of rotatable bonds is 6. The second kappa shape index (κ2) is 9.50. The predicted octanol–water partition coefficient (Wildman–Crippen LogP) is 3.42. The topological polar surface area (TPSA) is 79.4 Å². The van der Waals surface area contributed by atoms with Gasteiger partial charge in [-0.15, -0.1) is 10.2 Å².